The quantitative estimate of drug-likeness (QED) is 0.864. The van der Waals surface area contributed by atoms with E-state index in [-0.39, 0.29) is 17.6 Å². The molecule has 0 bridgehead atoms. The maximum absolute atomic E-state index is 13.6. The van der Waals surface area contributed by atoms with Crippen LogP contribution in [0.5, 0.6) is 0 Å². The topological polar surface area (TPSA) is 76.9 Å². The summed E-state index contributed by atoms with van der Waals surface area (Å²) in [6, 6.07) is 1.39. The second-order valence-electron chi connectivity index (χ2n) is 3.76. The van der Waals surface area contributed by atoms with E-state index >= 15 is 0 Å². The van der Waals surface area contributed by atoms with Crippen molar-refractivity contribution in [2.45, 2.75) is 11.4 Å². The van der Waals surface area contributed by atoms with Crippen LogP contribution in [0.1, 0.15) is 0 Å². The number of aromatic nitrogens is 3. The predicted molar refractivity (Wildman–Crippen MR) is 69.3 cm³/mol. The molecule has 0 spiro atoms. The highest BCUT2D eigenvalue weighted by molar-refractivity contribution is 9.10. The van der Waals surface area contributed by atoms with Crippen LogP contribution < -0.4 is 4.72 Å². The third-order valence-corrected chi connectivity index (χ3v) is 4.76. The number of nitrogens with one attached hydrogen (secondary N) is 1. The number of halogens is 3. The van der Waals surface area contributed by atoms with Gasteiger partial charge in [0.15, 0.2) is 0 Å². The van der Waals surface area contributed by atoms with Gasteiger partial charge >= 0.3 is 0 Å². The van der Waals surface area contributed by atoms with Gasteiger partial charge in [0.05, 0.1) is 12.7 Å². The van der Waals surface area contributed by atoms with Gasteiger partial charge in [-0.05, 0) is 22.0 Å². The number of hydrogen-bond acceptors (Lipinski definition) is 4. The summed E-state index contributed by atoms with van der Waals surface area (Å²) in [6.07, 6.45) is 3.01. The molecule has 1 aromatic heterocycles. The molecule has 0 amide bonds. The summed E-state index contributed by atoms with van der Waals surface area (Å²) < 4.78 is 53.9. The SMILES string of the molecule is O=S(=O)(NCCn1ccnn1)c1c(F)cc(F)cc1Br. The zero-order valence-electron chi connectivity index (χ0n) is 9.92. The second-order valence-corrected chi connectivity index (χ2v) is 6.32. The van der Waals surface area contributed by atoms with Crippen molar-refractivity contribution in [3.8, 4) is 0 Å². The molecule has 0 aliphatic rings. The highest BCUT2D eigenvalue weighted by atomic mass is 79.9. The molecule has 108 valence electrons. The van der Waals surface area contributed by atoms with Crippen molar-refractivity contribution in [2.24, 2.45) is 0 Å². The van der Waals surface area contributed by atoms with Gasteiger partial charge in [0.2, 0.25) is 10.0 Å². The Kier molecular flexibility index (Phi) is 4.45. The van der Waals surface area contributed by atoms with E-state index in [4.69, 9.17) is 0 Å². The third-order valence-electron chi connectivity index (χ3n) is 2.34. The Morgan fingerprint density at radius 2 is 2.10 bits per heavy atom. The van der Waals surface area contributed by atoms with Gasteiger partial charge in [0, 0.05) is 23.3 Å². The Morgan fingerprint density at radius 3 is 2.70 bits per heavy atom. The first kappa shape index (κ1) is 15.0. The minimum absolute atomic E-state index is 0.00501. The fraction of sp³-hybridized carbons (Fsp3) is 0.200. The van der Waals surface area contributed by atoms with Crippen LogP contribution in [0.2, 0.25) is 0 Å². The summed E-state index contributed by atoms with van der Waals surface area (Å²) in [7, 11) is -4.09. The Bertz CT molecular complexity index is 683. The first-order valence-electron chi connectivity index (χ1n) is 5.38. The molecule has 2 aromatic rings. The molecule has 1 N–H and O–H groups in total. The fourth-order valence-corrected chi connectivity index (χ4v) is 3.69. The largest absolute Gasteiger partial charge is 0.251 e. The van der Waals surface area contributed by atoms with Crippen molar-refractivity contribution in [3.63, 3.8) is 0 Å². The number of nitrogens with zero attached hydrogens (tertiary/aromatic N) is 3. The lowest BCUT2D eigenvalue weighted by atomic mass is 10.3. The third kappa shape index (κ3) is 3.38. The van der Waals surface area contributed by atoms with Crippen molar-refractivity contribution in [3.05, 3.63) is 40.6 Å². The van der Waals surface area contributed by atoms with Crippen LogP contribution in [0.4, 0.5) is 8.78 Å². The minimum Gasteiger partial charge on any atom is -0.251 e. The molecule has 10 heteroatoms. The smallest absolute Gasteiger partial charge is 0.244 e. The van der Waals surface area contributed by atoms with Gasteiger partial charge in [-0.3, -0.25) is 4.68 Å². The monoisotopic (exact) mass is 366 g/mol. The van der Waals surface area contributed by atoms with Crippen molar-refractivity contribution in [1.29, 1.82) is 0 Å². The summed E-state index contributed by atoms with van der Waals surface area (Å²) in [5.74, 6) is -2.03. The fourth-order valence-electron chi connectivity index (χ4n) is 1.50. The van der Waals surface area contributed by atoms with Crippen LogP contribution in [-0.2, 0) is 16.6 Å². The van der Waals surface area contributed by atoms with E-state index in [1.165, 1.54) is 10.9 Å². The zero-order valence-corrected chi connectivity index (χ0v) is 12.3. The highest BCUT2D eigenvalue weighted by Gasteiger charge is 2.23. The van der Waals surface area contributed by atoms with E-state index in [0.717, 1.165) is 6.07 Å². The van der Waals surface area contributed by atoms with Gasteiger partial charge in [0.1, 0.15) is 16.5 Å². The lowest BCUT2D eigenvalue weighted by Crippen LogP contribution is -2.28. The second kappa shape index (κ2) is 5.94. The van der Waals surface area contributed by atoms with E-state index in [2.05, 4.69) is 31.0 Å². The molecule has 0 aliphatic carbocycles. The van der Waals surface area contributed by atoms with Gasteiger partial charge in [-0.15, -0.1) is 5.10 Å². The van der Waals surface area contributed by atoms with Gasteiger partial charge in [-0.1, -0.05) is 5.21 Å². The standard InChI is InChI=1S/C10H9BrF2N4O2S/c11-8-5-7(12)6-9(13)10(8)20(18,19)15-2-4-17-3-1-14-16-17/h1,3,5-6,15H,2,4H2. The molecule has 0 radical (unpaired) electrons. The van der Waals surface area contributed by atoms with Gasteiger partial charge in [0.25, 0.3) is 0 Å². The van der Waals surface area contributed by atoms with Crippen molar-refractivity contribution in [1.82, 2.24) is 19.7 Å². The normalized spacial score (nSPS) is 11.8. The molecule has 20 heavy (non-hydrogen) atoms. The van der Waals surface area contributed by atoms with Crippen LogP contribution in [0.25, 0.3) is 0 Å². The maximum Gasteiger partial charge on any atom is 0.244 e. The molecular weight excluding hydrogens is 358 g/mol. The summed E-state index contributed by atoms with van der Waals surface area (Å²) in [4.78, 5) is -0.627. The summed E-state index contributed by atoms with van der Waals surface area (Å²) in [5.41, 5.74) is 0. The molecule has 0 saturated carbocycles. The molecule has 1 heterocycles. The van der Waals surface area contributed by atoms with Crippen LogP contribution >= 0.6 is 15.9 Å². The number of hydrogen-bond donors (Lipinski definition) is 1. The Balaban J connectivity index is 2.14. The Labute approximate surface area is 122 Å². The summed E-state index contributed by atoms with van der Waals surface area (Å²) >= 11 is 2.84. The van der Waals surface area contributed by atoms with E-state index in [1.807, 2.05) is 0 Å². The van der Waals surface area contributed by atoms with Crippen LogP contribution in [-0.4, -0.2) is 30.0 Å². The van der Waals surface area contributed by atoms with Crippen molar-refractivity contribution < 1.29 is 17.2 Å². The highest BCUT2D eigenvalue weighted by Crippen LogP contribution is 2.25. The van der Waals surface area contributed by atoms with E-state index in [9.17, 15) is 17.2 Å². The van der Waals surface area contributed by atoms with E-state index in [0.29, 0.717) is 6.07 Å². The van der Waals surface area contributed by atoms with Crippen LogP contribution in [0.15, 0.2) is 33.9 Å². The lowest BCUT2D eigenvalue weighted by Gasteiger charge is -2.09. The first-order chi connectivity index (χ1) is 9.40. The molecule has 1 aromatic carbocycles. The van der Waals surface area contributed by atoms with Crippen molar-refractivity contribution in [2.75, 3.05) is 6.54 Å². The average Bonchev–Trinajstić information content (AvgIpc) is 2.79. The average molecular weight is 367 g/mol. The lowest BCUT2D eigenvalue weighted by molar-refractivity contribution is 0.531. The van der Waals surface area contributed by atoms with Crippen LogP contribution in [0, 0.1) is 11.6 Å². The molecule has 6 nitrogen and oxygen atoms in total. The molecule has 0 saturated heterocycles. The molecule has 0 atom stereocenters. The zero-order chi connectivity index (χ0) is 14.8. The number of sulfonamides is 1. The van der Waals surface area contributed by atoms with Crippen molar-refractivity contribution >= 4 is 26.0 Å². The first-order valence-corrected chi connectivity index (χ1v) is 7.66. The van der Waals surface area contributed by atoms with Gasteiger partial charge < -0.3 is 0 Å². The molecule has 0 unspecified atom stereocenters. The maximum atomic E-state index is 13.6. The molecular formula is C10H9BrF2N4O2S. The van der Waals surface area contributed by atoms with E-state index in [1.54, 1.807) is 6.20 Å². The van der Waals surface area contributed by atoms with Gasteiger partial charge in [-0.25, -0.2) is 21.9 Å². The predicted octanol–water partition coefficient (Wildman–Crippen LogP) is 1.30. The summed E-state index contributed by atoms with van der Waals surface area (Å²) in [5, 5.41) is 7.21. The number of rotatable bonds is 5. The summed E-state index contributed by atoms with van der Waals surface area (Å²) in [6.45, 7) is 0.231. The molecule has 0 fully saturated rings. The van der Waals surface area contributed by atoms with E-state index < -0.39 is 26.6 Å². The van der Waals surface area contributed by atoms with Gasteiger partial charge in [-0.2, -0.15) is 0 Å². The number of benzene rings is 1. The minimum atomic E-state index is -4.09. The Hall–Kier alpha value is -1.39. The van der Waals surface area contributed by atoms with Crippen LogP contribution in [0.3, 0.4) is 0 Å². The molecule has 0 aliphatic heterocycles. The molecule has 2 rings (SSSR count). The Morgan fingerprint density at radius 1 is 1.35 bits per heavy atom.